The molecule has 6 aromatic rings. The molecule has 6 rings (SSSR count). The van der Waals surface area contributed by atoms with Crippen LogP contribution in [0.15, 0.2) is 182 Å². The minimum absolute atomic E-state index is 0. The summed E-state index contributed by atoms with van der Waals surface area (Å²) in [7, 11) is 0. The average molecular weight is 495 g/mol. The van der Waals surface area contributed by atoms with Crippen LogP contribution in [-0.4, -0.2) is 20.2 Å². The van der Waals surface area contributed by atoms with E-state index in [0.717, 1.165) is 0 Å². The predicted octanol–water partition coefficient (Wildman–Crippen LogP) is 2.17. The molecule has 6 aromatic carbocycles. The molecular formula is C36H30Be2Li2. The monoisotopic (exact) mass is 494 g/mol. The van der Waals surface area contributed by atoms with Crippen LogP contribution in [0.1, 0.15) is 0 Å². The Hall–Kier alpha value is -3.15. The summed E-state index contributed by atoms with van der Waals surface area (Å²) >= 11 is 0. The van der Waals surface area contributed by atoms with Crippen LogP contribution >= 0.6 is 0 Å². The fourth-order valence-corrected chi connectivity index (χ4v) is 2.05. The minimum Gasteiger partial charge on any atom is -0.184 e. The van der Waals surface area contributed by atoms with Crippen molar-refractivity contribution in [3.63, 3.8) is 0 Å². The summed E-state index contributed by atoms with van der Waals surface area (Å²) in [4.78, 5) is 0. The zero-order chi connectivity index (χ0) is 25.5. The van der Waals surface area contributed by atoms with E-state index < -0.39 is 0 Å². The zero-order valence-corrected chi connectivity index (χ0v) is 23.7. The summed E-state index contributed by atoms with van der Waals surface area (Å²) in [5.74, 6) is 0. The van der Waals surface area contributed by atoms with Gasteiger partial charge in [0.25, 0.3) is 0 Å². The van der Waals surface area contributed by atoms with Gasteiger partial charge in [0.1, 0.15) is 0 Å². The molecule has 0 fully saturated rings. The van der Waals surface area contributed by atoms with Crippen molar-refractivity contribution in [3.8, 4) is 0 Å². The second-order valence-electron chi connectivity index (χ2n) is 6.46. The van der Waals surface area contributed by atoms with Gasteiger partial charge in [0.2, 0.25) is 0 Å². The van der Waals surface area contributed by atoms with E-state index in [1.165, 1.54) is 0 Å². The molecule has 0 bridgehead atoms. The van der Waals surface area contributed by atoms with E-state index in [-0.39, 0.29) is 58.0 Å². The summed E-state index contributed by atoms with van der Waals surface area (Å²) in [5.41, 5.74) is 0. The molecule has 0 N–H and O–H groups in total. The van der Waals surface area contributed by atoms with E-state index >= 15 is 0 Å². The topological polar surface area (TPSA) is 0 Å². The van der Waals surface area contributed by atoms with Gasteiger partial charge in [0.05, 0.1) is 0 Å². The fourth-order valence-electron chi connectivity index (χ4n) is 2.05. The second kappa shape index (κ2) is 40.4. The molecule has 180 valence electrons. The van der Waals surface area contributed by atoms with Gasteiger partial charge in [-0.1, -0.05) is 0 Å². The largest absolute Gasteiger partial charge is 2.00 e. The maximum absolute atomic E-state index is 2.89. The Morgan fingerprint density at radius 2 is 0.275 bits per heavy atom. The van der Waals surface area contributed by atoms with Crippen molar-refractivity contribution in [1.29, 1.82) is 0 Å². The molecule has 0 heterocycles. The standard InChI is InChI=1S/6C6H5.2Be.2Li/c6*1-2-4-6-5-3-1;;;;/h6*1-5H;;;;/q6*-1;2*+2;2*+1. The first-order valence-electron chi connectivity index (χ1n) is 11.5. The van der Waals surface area contributed by atoms with Crippen LogP contribution in [0.2, 0.25) is 0 Å². The first kappa shape index (κ1) is 43.9. The van der Waals surface area contributed by atoms with Crippen LogP contribution in [0, 0.1) is 36.4 Å². The summed E-state index contributed by atoms with van der Waals surface area (Å²) < 4.78 is 0. The van der Waals surface area contributed by atoms with Gasteiger partial charge in [0, 0.05) is 0 Å². The second-order valence-corrected chi connectivity index (χ2v) is 6.46. The Morgan fingerprint density at radius 1 is 0.175 bits per heavy atom. The van der Waals surface area contributed by atoms with Crippen LogP contribution in [0.5, 0.6) is 0 Å². The van der Waals surface area contributed by atoms with E-state index in [1.807, 2.05) is 182 Å². The third kappa shape index (κ3) is 37.0. The third-order valence-corrected chi connectivity index (χ3v) is 3.64. The van der Waals surface area contributed by atoms with Crippen LogP contribution in [-0.2, 0) is 0 Å². The first-order valence-corrected chi connectivity index (χ1v) is 11.5. The number of benzene rings is 6. The fraction of sp³-hybridized carbons (Fsp3) is 0. The Bertz CT molecular complexity index is 699. The van der Waals surface area contributed by atoms with Gasteiger partial charge in [-0.3, -0.25) is 0 Å². The van der Waals surface area contributed by atoms with Gasteiger partial charge >= 0.3 is 58.0 Å². The molecule has 0 saturated heterocycles. The van der Waals surface area contributed by atoms with Gasteiger partial charge in [-0.15, -0.1) is 0 Å². The van der Waals surface area contributed by atoms with Crippen LogP contribution < -0.4 is 37.7 Å². The van der Waals surface area contributed by atoms with E-state index in [9.17, 15) is 0 Å². The molecule has 0 aliphatic carbocycles. The molecule has 4 heteroatoms. The molecular weight excluding hydrogens is 464 g/mol. The molecule has 0 aliphatic heterocycles. The summed E-state index contributed by atoms with van der Waals surface area (Å²) in [6.45, 7) is 0. The molecule has 0 spiro atoms. The van der Waals surface area contributed by atoms with Gasteiger partial charge in [-0.05, 0) is 0 Å². The van der Waals surface area contributed by atoms with Crippen LogP contribution in [0.3, 0.4) is 0 Å². The van der Waals surface area contributed by atoms with Crippen molar-refractivity contribution in [2.75, 3.05) is 0 Å². The molecule has 0 aromatic heterocycles. The minimum atomic E-state index is 0. The molecule has 40 heavy (non-hydrogen) atoms. The molecule has 0 atom stereocenters. The molecule has 0 radical (unpaired) electrons. The van der Waals surface area contributed by atoms with Crippen molar-refractivity contribution >= 4 is 20.2 Å². The molecule has 0 unspecified atom stereocenters. The van der Waals surface area contributed by atoms with Crippen molar-refractivity contribution in [3.05, 3.63) is 218 Å². The smallest absolute Gasteiger partial charge is 0.184 e. The van der Waals surface area contributed by atoms with E-state index in [4.69, 9.17) is 0 Å². The molecule has 0 nitrogen and oxygen atoms in total. The Morgan fingerprint density at radius 3 is 0.300 bits per heavy atom. The van der Waals surface area contributed by atoms with Gasteiger partial charge in [0.15, 0.2) is 0 Å². The molecule has 0 amide bonds. The number of hydrogen-bond donors (Lipinski definition) is 0. The van der Waals surface area contributed by atoms with E-state index in [0.29, 0.717) is 0 Å². The average Bonchev–Trinajstić information content (AvgIpc) is 3.04. The van der Waals surface area contributed by atoms with Gasteiger partial charge in [-0.25, -0.2) is 0 Å². The Balaban J connectivity index is -0.000000191. The van der Waals surface area contributed by atoms with E-state index in [1.54, 1.807) is 0 Å². The summed E-state index contributed by atoms with van der Waals surface area (Å²) in [6, 6.07) is 75.0. The van der Waals surface area contributed by atoms with Crippen molar-refractivity contribution in [2.45, 2.75) is 0 Å². The van der Waals surface area contributed by atoms with Crippen LogP contribution in [0.25, 0.3) is 0 Å². The number of rotatable bonds is 0. The number of hydrogen-bond acceptors (Lipinski definition) is 0. The van der Waals surface area contributed by atoms with Crippen molar-refractivity contribution < 1.29 is 37.7 Å². The Kier molecular flexibility index (Phi) is 44.3. The zero-order valence-electron chi connectivity index (χ0n) is 23.7. The first-order chi connectivity index (χ1) is 18.0. The summed E-state index contributed by atoms with van der Waals surface area (Å²) in [5, 5.41) is 0. The maximum atomic E-state index is 2.89. The van der Waals surface area contributed by atoms with Gasteiger partial charge < -0.3 is 0 Å². The summed E-state index contributed by atoms with van der Waals surface area (Å²) in [6.07, 6.45) is 0. The predicted molar refractivity (Wildman–Crippen MR) is 163 cm³/mol. The molecule has 0 aliphatic rings. The van der Waals surface area contributed by atoms with Crippen molar-refractivity contribution in [2.24, 2.45) is 0 Å². The van der Waals surface area contributed by atoms with Crippen molar-refractivity contribution in [1.82, 2.24) is 0 Å². The maximum Gasteiger partial charge on any atom is 2.00 e. The SMILES string of the molecule is [Be+2].[Be+2].[Li+].[Li+].[c-]1ccccc1.[c-]1ccccc1.[c-]1ccccc1.[c-]1ccccc1.[c-]1ccccc1.[c-]1ccccc1. The molecule has 0 saturated carbocycles. The third-order valence-electron chi connectivity index (χ3n) is 3.64. The van der Waals surface area contributed by atoms with Gasteiger partial charge in [-0.2, -0.15) is 218 Å². The Labute approximate surface area is 274 Å². The normalized spacial score (nSPS) is 7.20. The van der Waals surface area contributed by atoms with E-state index in [2.05, 4.69) is 36.4 Å². The quantitative estimate of drug-likeness (QED) is 0.224. The van der Waals surface area contributed by atoms with Crippen LogP contribution in [0.4, 0.5) is 0 Å².